The number of rotatable bonds is 3. The number of likely N-dealkylation sites (tertiary alicyclic amines) is 1. The van der Waals surface area contributed by atoms with Crippen molar-refractivity contribution in [2.45, 2.75) is 32.4 Å². The van der Waals surface area contributed by atoms with Gasteiger partial charge in [0.15, 0.2) is 6.39 Å². The van der Waals surface area contributed by atoms with E-state index >= 15 is 0 Å². The number of aromatic nitrogens is 1. The molecule has 0 aliphatic carbocycles. The summed E-state index contributed by atoms with van der Waals surface area (Å²) in [5, 5.41) is 0. The quantitative estimate of drug-likeness (QED) is 0.813. The second-order valence-electron chi connectivity index (χ2n) is 4.45. The normalized spacial score (nSPS) is 21.7. The van der Waals surface area contributed by atoms with Crippen molar-refractivity contribution in [3.63, 3.8) is 0 Å². The van der Waals surface area contributed by atoms with E-state index in [4.69, 9.17) is 10.2 Å². The van der Waals surface area contributed by atoms with E-state index in [9.17, 15) is 0 Å². The van der Waals surface area contributed by atoms with Gasteiger partial charge in [-0.2, -0.15) is 0 Å². The highest BCUT2D eigenvalue weighted by Crippen LogP contribution is 2.20. The third kappa shape index (κ3) is 2.79. The zero-order chi connectivity index (χ0) is 10.7. The average Bonchev–Trinajstić information content (AvgIpc) is 2.71. The molecule has 0 radical (unpaired) electrons. The van der Waals surface area contributed by atoms with Crippen LogP contribution in [-0.2, 0) is 6.54 Å². The Bertz CT molecular complexity index is 276. The maximum absolute atomic E-state index is 5.90. The van der Waals surface area contributed by atoms with Crippen molar-refractivity contribution in [2.75, 3.05) is 13.1 Å². The van der Waals surface area contributed by atoms with E-state index < -0.39 is 0 Å². The van der Waals surface area contributed by atoms with E-state index in [2.05, 4.69) is 16.8 Å². The Morgan fingerprint density at radius 1 is 1.60 bits per heavy atom. The third-order valence-corrected chi connectivity index (χ3v) is 3.24. The highest BCUT2D eigenvalue weighted by molar-refractivity contribution is 4.91. The Balaban J connectivity index is 1.79. The predicted molar refractivity (Wildman–Crippen MR) is 58.2 cm³/mol. The Morgan fingerprint density at radius 2 is 2.33 bits per heavy atom. The molecular formula is C11H19N3O. The third-order valence-electron chi connectivity index (χ3n) is 3.24. The maximum atomic E-state index is 5.90. The van der Waals surface area contributed by atoms with Gasteiger partial charge in [0.05, 0.1) is 5.69 Å². The number of hydrogen-bond donors (Lipinski definition) is 1. The Labute approximate surface area is 90.5 Å². The zero-order valence-corrected chi connectivity index (χ0v) is 9.22. The van der Waals surface area contributed by atoms with Crippen molar-refractivity contribution in [3.05, 3.63) is 18.4 Å². The molecule has 84 valence electrons. The van der Waals surface area contributed by atoms with Crippen molar-refractivity contribution < 1.29 is 4.42 Å². The largest absolute Gasteiger partial charge is 0.451 e. The van der Waals surface area contributed by atoms with E-state index in [0.717, 1.165) is 25.3 Å². The minimum atomic E-state index is 0.333. The SMILES string of the molecule is CC(N)C1CCN(Cc2cocn2)CC1. The van der Waals surface area contributed by atoms with E-state index in [1.54, 1.807) is 6.26 Å². The summed E-state index contributed by atoms with van der Waals surface area (Å²) >= 11 is 0. The first kappa shape index (κ1) is 10.6. The first-order valence-corrected chi connectivity index (χ1v) is 5.60. The number of oxazole rings is 1. The second-order valence-corrected chi connectivity index (χ2v) is 4.45. The number of hydrogen-bond acceptors (Lipinski definition) is 4. The van der Waals surface area contributed by atoms with Crippen molar-refractivity contribution >= 4 is 0 Å². The van der Waals surface area contributed by atoms with Gasteiger partial charge in [0.1, 0.15) is 6.26 Å². The van der Waals surface area contributed by atoms with Crippen LogP contribution in [0.3, 0.4) is 0 Å². The lowest BCUT2D eigenvalue weighted by atomic mass is 9.91. The molecule has 1 unspecified atom stereocenters. The molecule has 2 rings (SSSR count). The fraction of sp³-hybridized carbons (Fsp3) is 0.727. The molecule has 1 atom stereocenters. The molecule has 1 saturated heterocycles. The highest BCUT2D eigenvalue weighted by Gasteiger charge is 2.21. The van der Waals surface area contributed by atoms with E-state index in [1.807, 2.05) is 0 Å². The monoisotopic (exact) mass is 209 g/mol. The number of piperidine rings is 1. The lowest BCUT2D eigenvalue weighted by molar-refractivity contribution is 0.164. The molecule has 2 heterocycles. The van der Waals surface area contributed by atoms with Crippen LogP contribution < -0.4 is 5.73 Å². The molecule has 2 N–H and O–H groups in total. The molecule has 0 saturated carbocycles. The van der Waals surface area contributed by atoms with Gasteiger partial charge in [0.25, 0.3) is 0 Å². The lowest BCUT2D eigenvalue weighted by Crippen LogP contribution is -2.39. The van der Waals surface area contributed by atoms with Crippen LogP contribution in [0.5, 0.6) is 0 Å². The fourth-order valence-electron chi connectivity index (χ4n) is 2.18. The molecule has 1 fully saturated rings. The van der Waals surface area contributed by atoms with Gasteiger partial charge in [0, 0.05) is 12.6 Å². The van der Waals surface area contributed by atoms with Gasteiger partial charge in [0.2, 0.25) is 0 Å². The second kappa shape index (κ2) is 4.77. The first-order valence-electron chi connectivity index (χ1n) is 5.60. The Kier molecular flexibility index (Phi) is 3.38. The molecule has 1 aliphatic heterocycles. The Hall–Kier alpha value is -0.870. The molecule has 1 aliphatic rings. The smallest absolute Gasteiger partial charge is 0.180 e. The molecule has 1 aromatic rings. The minimum absolute atomic E-state index is 0.333. The van der Waals surface area contributed by atoms with Gasteiger partial charge in [-0.25, -0.2) is 4.98 Å². The van der Waals surface area contributed by atoms with E-state index in [1.165, 1.54) is 19.2 Å². The van der Waals surface area contributed by atoms with Crippen LogP contribution in [0.25, 0.3) is 0 Å². The summed E-state index contributed by atoms with van der Waals surface area (Å²) in [6.07, 6.45) is 5.62. The summed E-state index contributed by atoms with van der Waals surface area (Å²) < 4.78 is 4.96. The van der Waals surface area contributed by atoms with Crippen molar-refractivity contribution in [1.29, 1.82) is 0 Å². The first-order chi connectivity index (χ1) is 7.25. The predicted octanol–water partition coefficient (Wildman–Crippen LogP) is 1.23. The molecule has 15 heavy (non-hydrogen) atoms. The molecule has 0 aromatic carbocycles. The van der Waals surface area contributed by atoms with Gasteiger partial charge < -0.3 is 10.2 Å². The van der Waals surface area contributed by atoms with Gasteiger partial charge in [-0.05, 0) is 38.8 Å². The number of nitrogens with zero attached hydrogens (tertiary/aromatic N) is 2. The summed E-state index contributed by atoms with van der Waals surface area (Å²) in [4.78, 5) is 6.54. The molecule has 4 heteroatoms. The van der Waals surface area contributed by atoms with Gasteiger partial charge in [-0.1, -0.05) is 0 Å². The van der Waals surface area contributed by atoms with Crippen LogP contribution in [0.2, 0.25) is 0 Å². The van der Waals surface area contributed by atoms with Crippen LogP contribution in [0.15, 0.2) is 17.1 Å². The molecule has 1 aromatic heterocycles. The average molecular weight is 209 g/mol. The summed E-state index contributed by atoms with van der Waals surface area (Å²) in [5.74, 6) is 0.693. The van der Waals surface area contributed by atoms with Crippen molar-refractivity contribution in [3.8, 4) is 0 Å². The minimum Gasteiger partial charge on any atom is -0.451 e. The molecule has 4 nitrogen and oxygen atoms in total. The van der Waals surface area contributed by atoms with Crippen molar-refractivity contribution in [2.24, 2.45) is 11.7 Å². The topological polar surface area (TPSA) is 55.3 Å². The van der Waals surface area contributed by atoms with Crippen LogP contribution >= 0.6 is 0 Å². The summed E-state index contributed by atoms with van der Waals surface area (Å²) in [6, 6.07) is 0.333. The maximum Gasteiger partial charge on any atom is 0.180 e. The fourth-order valence-corrected chi connectivity index (χ4v) is 2.18. The van der Waals surface area contributed by atoms with Gasteiger partial charge >= 0.3 is 0 Å². The number of nitrogens with two attached hydrogens (primary N) is 1. The van der Waals surface area contributed by atoms with Gasteiger partial charge in [-0.3, -0.25) is 4.90 Å². The lowest BCUT2D eigenvalue weighted by Gasteiger charge is -2.33. The summed E-state index contributed by atoms with van der Waals surface area (Å²) in [6.45, 7) is 5.26. The van der Waals surface area contributed by atoms with Crippen LogP contribution in [0, 0.1) is 5.92 Å². The molecular weight excluding hydrogens is 190 g/mol. The standard InChI is InChI=1S/C11H19N3O/c1-9(12)10-2-4-14(5-3-10)6-11-7-15-8-13-11/h7-10H,2-6,12H2,1H3. The summed E-state index contributed by atoms with van der Waals surface area (Å²) in [5.41, 5.74) is 6.93. The van der Waals surface area contributed by atoms with Crippen LogP contribution in [-0.4, -0.2) is 29.0 Å². The van der Waals surface area contributed by atoms with Crippen LogP contribution in [0.4, 0.5) is 0 Å². The summed E-state index contributed by atoms with van der Waals surface area (Å²) in [7, 11) is 0. The van der Waals surface area contributed by atoms with E-state index in [-0.39, 0.29) is 0 Å². The zero-order valence-electron chi connectivity index (χ0n) is 9.22. The molecule has 0 amide bonds. The van der Waals surface area contributed by atoms with Crippen molar-refractivity contribution in [1.82, 2.24) is 9.88 Å². The molecule has 0 bridgehead atoms. The molecule has 0 spiro atoms. The van der Waals surface area contributed by atoms with Crippen LogP contribution in [0.1, 0.15) is 25.5 Å². The Morgan fingerprint density at radius 3 is 2.87 bits per heavy atom. The highest BCUT2D eigenvalue weighted by atomic mass is 16.3. The van der Waals surface area contributed by atoms with Gasteiger partial charge in [-0.15, -0.1) is 0 Å². The van der Waals surface area contributed by atoms with E-state index in [0.29, 0.717) is 12.0 Å².